The van der Waals surface area contributed by atoms with Gasteiger partial charge in [0.2, 0.25) is 0 Å². The molecule has 0 amide bonds. The monoisotopic (exact) mass is 925 g/mol. The lowest BCUT2D eigenvalue weighted by atomic mass is 9.67. The summed E-state index contributed by atoms with van der Waals surface area (Å²) in [6.45, 7) is 13.8. The highest BCUT2D eigenvalue weighted by molar-refractivity contribution is 5.97. The molecule has 3 aliphatic rings. The van der Waals surface area contributed by atoms with Crippen molar-refractivity contribution in [1.82, 2.24) is 0 Å². The lowest BCUT2D eigenvalue weighted by Gasteiger charge is -2.35. The van der Waals surface area contributed by atoms with Crippen LogP contribution in [0.25, 0.3) is 44.5 Å². The molecule has 1 heteroatoms. The highest BCUT2D eigenvalue weighted by Crippen LogP contribution is 2.64. The fraction of sp³-hybridized carbons (Fsp3) is 0.155. The largest absolute Gasteiger partial charge is 0.310 e. The summed E-state index contributed by atoms with van der Waals surface area (Å²) in [7, 11) is 0. The first-order valence-corrected chi connectivity index (χ1v) is 26.1. The predicted molar refractivity (Wildman–Crippen MR) is 302 cm³/mol. The lowest BCUT2D eigenvalue weighted by Crippen LogP contribution is -2.29. The molecule has 1 spiro atoms. The van der Waals surface area contributed by atoms with Crippen molar-refractivity contribution >= 4 is 17.1 Å². The third-order valence-corrected chi connectivity index (χ3v) is 16.6. The zero-order chi connectivity index (χ0) is 48.9. The fourth-order valence-electron chi connectivity index (χ4n) is 13.0. The van der Waals surface area contributed by atoms with E-state index in [2.05, 4.69) is 277 Å². The molecule has 0 heterocycles. The Bertz CT molecular complexity index is 3640. The Hall–Kier alpha value is -8.00. The van der Waals surface area contributed by atoms with Gasteiger partial charge in [-0.2, -0.15) is 0 Å². The van der Waals surface area contributed by atoms with Crippen molar-refractivity contribution in [3.63, 3.8) is 0 Å². The lowest BCUT2D eigenvalue weighted by molar-refractivity contribution is 0.762. The van der Waals surface area contributed by atoms with Crippen molar-refractivity contribution < 1.29 is 0 Å². The molecule has 1 unspecified atom stereocenters. The molecule has 3 aliphatic carbocycles. The van der Waals surface area contributed by atoms with E-state index in [1.807, 2.05) is 0 Å². The van der Waals surface area contributed by atoms with Gasteiger partial charge in [-0.25, -0.2) is 0 Å². The van der Waals surface area contributed by atoms with Crippen LogP contribution in [0, 0.1) is 0 Å². The Morgan fingerprint density at radius 1 is 0.264 bits per heavy atom. The summed E-state index contributed by atoms with van der Waals surface area (Å²) < 4.78 is 0. The van der Waals surface area contributed by atoms with Crippen LogP contribution >= 0.6 is 0 Å². The standard InChI is InChI=1S/C71H59N/c1-45(2)48-24-31-53(32-25-48)70(54-33-26-49(27-34-54)46(3)4)64-21-13-10-18-58(64)62-40-37-56(43-68(62)70)72(55-35-28-51(29-36-55)50-16-8-7-9-17-50)57-38-41-63-60-20-12-15-23-66(60)71(69(63)44-57)65-22-14-11-19-59(65)61-39-30-52(47(5)6)42-67(61)71/h7-47H,1-6H3. The topological polar surface area (TPSA) is 3.24 Å². The second-order valence-electron chi connectivity index (χ2n) is 21.4. The number of rotatable bonds is 9. The average molecular weight is 926 g/mol. The maximum absolute atomic E-state index is 2.54. The number of nitrogens with zero attached hydrogens (tertiary/aromatic N) is 1. The summed E-state index contributed by atoms with van der Waals surface area (Å²) in [6.07, 6.45) is 0. The van der Waals surface area contributed by atoms with Gasteiger partial charge in [0.25, 0.3) is 0 Å². The van der Waals surface area contributed by atoms with Crippen molar-refractivity contribution in [2.75, 3.05) is 4.90 Å². The van der Waals surface area contributed by atoms with Crippen molar-refractivity contribution in [1.29, 1.82) is 0 Å². The Morgan fingerprint density at radius 2 is 0.611 bits per heavy atom. The van der Waals surface area contributed by atoms with Crippen LogP contribution in [0.15, 0.2) is 231 Å². The van der Waals surface area contributed by atoms with E-state index in [-0.39, 0.29) is 0 Å². The highest BCUT2D eigenvalue weighted by atomic mass is 15.1. The van der Waals surface area contributed by atoms with Gasteiger partial charge in [-0.3, -0.25) is 0 Å². The smallest absolute Gasteiger partial charge is 0.0726 e. The molecule has 0 fully saturated rings. The molecule has 1 atom stereocenters. The molecule has 0 saturated carbocycles. The number of anilines is 3. The average Bonchev–Trinajstić information content (AvgIpc) is 4.01. The zero-order valence-electron chi connectivity index (χ0n) is 42.1. The number of fused-ring (bicyclic) bond motifs is 13. The van der Waals surface area contributed by atoms with Crippen LogP contribution in [0.3, 0.4) is 0 Å². The van der Waals surface area contributed by atoms with Crippen LogP contribution in [-0.2, 0) is 10.8 Å². The fourth-order valence-corrected chi connectivity index (χ4v) is 13.0. The molecule has 0 radical (unpaired) electrons. The van der Waals surface area contributed by atoms with Gasteiger partial charge in [0.15, 0.2) is 0 Å². The van der Waals surface area contributed by atoms with Gasteiger partial charge in [0.1, 0.15) is 0 Å². The third-order valence-electron chi connectivity index (χ3n) is 16.6. The first-order valence-electron chi connectivity index (χ1n) is 26.1. The molecule has 13 rings (SSSR count). The minimum Gasteiger partial charge on any atom is -0.310 e. The second kappa shape index (κ2) is 16.8. The first-order chi connectivity index (χ1) is 35.2. The summed E-state index contributed by atoms with van der Waals surface area (Å²) in [5.74, 6) is 1.26. The zero-order valence-corrected chi connectivity index (χ0v) is 42.1. The summed E-state index contributed by atoms with van der Waals surface area (Å²) in [5.41, 5.74) is 27.2. The maximum atomic E-state index is 2.54. The quantitative estimate of drug-likeness (QED) is 0.139. The van der Waals surface area contributed by atoms with Gasteiger partial charge in [0, 0.05) is 17.1 Å². The number of benzene rings is 10. The normalized spacial score (nSPS) is 15.3. The Kier molecular flexibility index (Phi) is 10.3. The van der Waals surface area contributed by atoms with Crippen molar-refractivity contribution in [3.8, 4) is 44.5 Å². The minimum atomic E-state index is -0.565. The van der Waals surface area contributed by atoms with Crippen LogP contribution in [-0.4, -0.2) is 0 Å². The Labute approximate surface area is 426 Å². The van der Waals surface area contributed by atoms with E-state index in [0.29, 0.717) is 17.8 Å². The molecule has 0 saturated heterocycles. The molecular formula is C71H59N. The second-order valence-corrected chi connectivity index (χ2v) is 21.4. The van der Waals surface area contributed by atoms with E-state index >= 15 is 0 Å². The SMILES string of the molecule is CC(C)c1ccc(C2(c3ccc(C(C)C)cc3)c3ccccc3-c3ccc(N(c4ccc(-c5ccccc5)cc4)c4ccc5c(c4)C4(c6ccccc6-c6ccc(C(C)C)cc64)c4ccccc4-5)cc32)cc1. The van der Waals surface area contributed by atoms with E-state index in [9.17, 15) is 0 Å². The van der Waals surface area contributed by atoms with Crippen LogP contribution in [0.4, 0.5) is 17.1 Å². The van der Waals surface area contributed by atoms with Gasteiger partial charge in [-0.1, -0.05) is 236 Å². The molecule has 10 aromatic rings. The van der Waals surface area contributed by atoms with E-state index in [0.717, 1.165) is 17.1 Å². The molecule has 0 aromatic heterocycles. The van der Waals surface area contributed by atoms with E-state index < -0.39 is 10.8 Å². The van der Waals surface area contributed by atoms with E-state index in [1.54, 1.807) is 0 Å². The van der Waals surface area contributed by atoms with Crippen molar-refractivity contribution in [2.45, 2.75) is 70.1 Å². The van der Waals surface area contributed by atoms with Crippen LogP contribution in [0.1, 0.15) is 120 Å². The van der Waals surface area contributed by atoms with Gasteiger partial charge < -0.3 is 4.90 Å². The first kappa shape index (κ1) is 44.0. The number of hydrogen-bond acceptors (Lipinski definition) is 1. The van der Waals surface area contributed by atoms with Gasteiger partial charge in [-0.05, 0) is 160 Å². The molecule has 348 valence electrons. The van der Waals surface area contributed by atoms with Gasteiger partial charge in [0.05, 0.1) is 10.8 Å². The maximum Gasteiger partial charge on any atom is 0.0726 e. The summed E-state index contributed by atoms with van der Waals surface area (Å²) in [4.78, 5) is 2.52. The number of hydrogen-bond donors (Lipinski definition) is 0. The summed E-state index contributed by atoms with van der Waals surface area (Å²) in [6, 6.07) is 88.4. The van der Waals surface area contributed by atoms with Crippen LogP contribution < -0.4 is 4.90 Å². The molecule has 0 bridgehead atoms. The van der Waals surface area contributed by atoms with Gasteiger partial charge in [-0.15, -0.1) is 0 Å². The third kappa shape index (κ3) is 6.39. The molecule has 0 N–H and O–H groups in total. The van der Waals surface area contributed by atoms with Gasteiger partial charge >= 0.3 is 0 Å². The molecular weight excluding hydrogens is 867 g/mol. The van der Waals surface area contributed by atoms with Crippen molar-refractivity contribution in [3.05, 3.63) is 292 Å². The molecule has 0 aliphatic heterocycles. The van der Waals surface area contributed by atoms with Crippen molar-refractivity contribution in [2.24, 2.45) is 0 Å². The highest BCUT2D eigenvalue weighted by Gasteiger charge is 2.52. The molecule has 72 heavy (non-hydrogen) atoms. The van der Waals surface area contributed by atoms with Crippen LogP contribution in [0.5, 0.6) is 0 Å². The molecule has 1 nitrogen and oxygen atoms in total. The van der Waals surface area contributed by atoms with Crippen LogP contribution in [0.2, 0.25) is 0 Å². The minimum absolute atomic E-state index is 0.396. The van der Waals surface area contributed by atoms with E-state index in [1.165, 1.54) is 106 Å². The van der Waals surface area contributed by atoms with E-state index in [4.69, 9.17) is 0 Å². The Balaban J connectivity index is 1.08. The predicted octanol–water partition coefficient (Wildman–Crippen LogP) is 18.9. The summed E-state index contributed by atoms with van der Waals surface area (Å²) in [5, 5.41) is 0. The Morgan fingerprint density at radius 3 is 1.08 bits per heavy atom. The summed E-state index contributed by atoms with van der Waals surface area (Å²) >= 11 is 0. The molecule has 10 aromatic carbocycles.